The van der Waals surface area contributed by atoms with E-state index in [4.69, 9.17) is 4.74 Å². The Kier molecular flexibility index (Phi) is 3.87. The molecule has 1 aliphatic heterocycles. The number of aliphatic hydroxyl groups excluding tert-OH is 1. The van der Waals surface area contributed by atoms with Crippen LogP contribution in [0, 0.1) is 0 Å². The summed E-state index contributed by atoms with van der Waals surface area (Å²) < 4.78 is 5.36. The Bertz CT molecular complexity index is 523. The molecular formula is C14H20N2O4. The summed E-state index contributed by atoms with van der Waals surface area (Å²) in [6, 6.07) is 2.85. The van der Waals surface area contributed by atoms with Gasteiger partial charge < -0.3 is 25.6 Å². The maximum absolute atomic E-state index is 11.3. The number of β-amino-alcohol motifs (C(OH)–C–C–N with tert-alkyl or cyclic N) is 1. The summed E-state index contributed by atoms with van der Waals surface area (Å²) in [4.78, 5) is 11.3. The van der Waals surface area contributed by atoms with Crippen LogP contribution in [0.15, 0.2) is 12.1 Å². The molecule has 6 heteroatoms. The van der Waals surface area contributed by atoms with Gasteiger partial charge in [-0.2, -0.15) is 0 Å². The highest BCUT2D eigenvalue weighted by molar-refractivity contribution is 5.96. The van der Waals surface area contributed by atoms with Gasteiger partial charge in [0, 0.05) is 23.7 Å². The van der Waals surface area contributed by atoms with Crippen molar-refractivity contribution >= 4 is 11.6 Å². The maximum atomic E-state index is 11.3. The number of carbonyl (C=O) groups excluding carboxylic acids is 1. The van der Waals surface area contributed by atoms with E-state index < -0.39 is 6.10 Å². The second-order valence-corrected chi connectivity index (χ2v) is 5.90. The van der Waals surface area contributed by atoms with Gasteiger partial charge >= 0.3 is 0 Å². The van der Waals surface area contributed by atoms with E-state index in [2.05, 4.69) is 10.6 Å². The number of phenols is 1. The third-order valence-corrected chi connectivity index (χ3v) is 2.91. The van der Waals surface area contributed by atoms with Gasteiger partial charge in [-0.3, -0.25) is 4.79 Å². The fourth-order valence-electron chi connectivity index (χ4n) is 1.97. The molecule has 0 spiro atoms. The van der Waals surface area contributed by atoms with Gasteiger partial charge in [0.05, 0.1) is 11.8 Å². The molecule has 4 N–H and O–H groups in total. The van der Waals surface area contributed by atoms with Crippen molar-refractivity contribution in [2.75, 3.05) is 18.5 Å². The van der Waals surface area contributed by atoms with E-state index in [9.17, 15) is 15.0 Å². The van der Waals surface area contributed by atoms with Crippen LogP contribution in [-0.4, -0.2) is 34.8 Å². The molecule has 0 aliphatic carbocycles. The number of nitrogens with one attached hydrogen (secondary N) is 2. The van der Waals surface area contributed by atoms with Crippen molar-refractivity contribution in [1.29, 1.82) is 0 Å². The Hall–Kier alpha value is -1.79. The van der Waals surface area contributed by atoms with Crippen LogP contribution in [-0.2, 0) is 4.79 Å². The molecule has 1 aliphatic rings. The van der Waals surface area contributed by atoms with Crippen molar-refractivity contribution in [3.8, 4) is 11.5 Å². The number of carbonyl (C=O) groups is 1. The average molecular weight is 280 g/mol. The highest BCUT2D eigenvalue weighted by Gasteiger charge is 2.24. The molecule has 1 atom stereocenters. The standard InChI is InChI=1S/C14H20N2O4/c1-14(2,3)15-6-11(18)9-4-8(17)5-10-13(9)20-7-12(19)16-10/h4-5,11,15,17-18H,6-7H2,1-3H3,(H,16,19). The van der Waals surface area contributed by atoms with Crippen LogP contribution in [0.2, 0.25) is 0 Å². The Labute approximate surface area is 117 Å². The predicted octanol–water partition coefficient (Wildman–Crippen LogP) is 1.14. The second-order valence-electron chi connectivity index (χ2n) is 5.90. The lowest BCUT2D eigenvalue weighted by Crippen LogP contribution is -2.38. The first-order valence-corrected chi connectivity index (χ1v) is 6.49. The fourth-order valence-corrected chi connectivity index (χ4v) is 1.97. The summed E-state index contributed by atoms with van der Waals surface area (Å²) in [7, 11) is 0. The number of hydrogen-bond acceptors (Lipinski definition) is 5. The van der Waals surface area contributed by atoms with Gasteiger partial charge in [0.15, 0.2) is 6.61 Å². The summed E-state index contributed by atoms with van der Waals surface area (Å²) in [5.41, 5.74) is 0.704. The SMILES string of the molecule is CC(C)(C)NCC(O)c1cc(O)cc2c1OCC(=O)N2. The van der Waals surface area contributed by atoms with Gasteiger partial charge in [0.25, 0.3) is 5.91 Å². The quantitative estimate of drug-likeness (QED) is 0.666. The molecule has 1 heterocycles. The zero-order chi connectivity index (χ0) is 14.9. The topological polar surface area (TPSA) is 90.8 Å². The first-order valence-electron chi connectivity index (χ1n) is 6.49. The van der Waals surface area contributed by atoms with Crippen molar-refractivity contribution in [1.82, 2.24) is 5.32 Å². The maximum Gasteiger partial charge on any atom is 0.262 e. The summed E-state index contributed by atoms with van der Waals surface area (Å²) in [5, 5.41) is 25.8. The number of aliphatic hydroxyl groups is 1. The van der Waals surface area contributed by atoms with Crippen molar-refractivity contribution in [2.45, 2.75) is 32.4 Å². The molecule has 110 valence electrons. The summed E-state index contributed by atoms with van der Waals surface area (Å²) in [5.74, 6) is 0.0984. The van der Waals surface area contributed by atoms with Gasteiger partial charge in [-0.1, -0.05) is 0 Å². The molecule has 0 saturated carbocycles. The number of anilines is 1. The van der Waals surface area contributed by atoms with Crippen molar-refractivity contribution in [3.05, 3.63) is 17.7 Å². The van der Waals surface area contributed by atoms with E-state index >= 15 is 0 Å². The molecule has 1 unspecified atom stereocenters. The lowest BCUT2D eigenvalue weighted by atomic mass is 10.0. The minimum absolute atomic E-state index is 0.0284. The number of benzene rings is 1. The van der Waals surface area contributed by atoms with Crippen molar-refractivity contribution in [2.24, 2.45) is 0 Å². The highest BCUT2D eigenvalue weighted by atomic mass is 16.5. The minimum atomic E-state index is -0.843. The van der Waals surface area contributed by atoms with Crippen molar-refractivity contribution in [3.63, 3.8) is 0 Å². The third-order valence-electron chi connectivity index (χ3n) is 2.91. The van der Waals surface area contributed by atoms with E-state index in [0.717, 1.165) is 0 Å². The number of phenolic OH excluding ortho intramolecular Hbond substituents is 1. The van der Waals surface area contributed by atoms with Crippen molar-refractivity contribution < 1.29 is 19.7 Å². The van der Waals surface area contributed by atoms with E-state index in [0.29, 0.717) is 23.5 Å². The lowest BCUT2D eigenvalue weighted by Gasteiger charge is -2.26. The molecule has 0 fully saturated rings. The summed E-state index contributed by atoms with van der Waals surface area (Å²) in [6.07, 6.45) is -0.843. The Morgan fingerprint density at radius 3 is 2.80 bits per heavy atom. The number of hydrogen-bond donors (Lipinski definition) is 4. The fraction of sp³-hybridized carbons (Fsp3) is 0.500. The van der Waals surface area contributed by atoms with E-state index in [1.165, 1.54) is 12.1 Å². The second kappa shape index (κ2) is 5.30. The molecule has 2 rings (SSSR count). The summed E-state index contributed by atoms with van der Waals surface area (Å²) in [6.45, 7) is 6.21. The number of aromatic hydroxyl groups is 1. The minimum Gasteiger partial charge on any atom is -0.508 e. The average Bonchev–Trinajstić information content (AvgIpc) is 2.33. The van der Waals surface area contributed by atoms with Crippen LogP contribution in [0.1, 0.15) is 32.4 Å². The molecule has 0 saturated heterocycles. The summed E-state index contributed by atoms with van der Waals surface area (Å²) >= 11 is 0. The first-order chi connectivity index (χ1) is 9.26. The molecule has 0 aromatic heterocycles. The monoisotopic (exact) mass is 280 g/mol. The molecule has 20 heavy (non-hydrogen) atoms. The van der Waals surface area contributed by atoms with Gasteiger partial charge in [0.2, 0.25) is 0 Å². The van der Waals surface area contributed by atoms with Gasteiger partial charge in [-0.25, -0.2) is 0 Å². The third kappa shape index (κ3) is 3.40. The number of ether oxygens (including phenoxy) is 1. The molecule has 1 aromatic carbocycles. The molecule has 1 amide bonds. The zero-order valence-corrected chi connectivity index (χ0v) is 11.9. The molecular weight excluding hydrogens is 260 g/mol. The number of amides is 1. The molecule has 0 radical (unpaired) electrons. The van der Waals surface area contributed by atoms with Gasteiger partial charge in [-0.15, -0.1) is 0 Å². The molecule has 6 nitrogen and oxygen atoms in total. The highest BCUT2D eigenvalue weighted by Crippen LogP contribution is 2.38. The normalized spacial score (nSPS) is 16.1. The smallest absolute Gasteiger partial charge is 0.262 e. The Morgan fingerprint density at radius 2 is 2.15 bits per heavy atom. The van der Waals surface area contributed by atoms with Crippen LogP contribution < -0.4 is 15.4 Å². The van der Waals surface area contributed by atoms with Crippen LogP contribution in [0.25, 0.3) is 0 Å². The van der Waals surface area contributed by atoms with E-state index in [1.807, 2.05) is 20.8 Å². The largest absolute Gasteiger partial charge is 0.508 e. The van der Waals surface area contributed by atoms with Crippen LogP contribution in [0.3, 0.4) is 0 Å². The number of fused-ring (bicyclic) bond motifs is 1. The van der Waals surface area contributed by atoms with E-state index in [-0.39, 0.29) is 23.8 Å². The molecule has 0 bridgehead atoms. The first kappa shape index (κ1) is 14.6. The predicted molar refractivity (Wildman–Crippen MR) is 74.9 cm³/mol. The Morgan fingerprint density at radius 1 is 1.45 bits per heavy atom. The van der Waals surface area contributed by atoms with Crippen LogP contribution in [0.5, 0.6) is 11.5 Å². The van der Waals surface area contributed by atoms with E-state index in [1.54, 1.807) is 0 Å². The van der Waals surface area contributed by atoms with Gasteiger partial charge in [0.1, 0.15) is 11.5 Å². The van der Waals surface area contributed by atoms with Crippen LogP contribution in [0.4, 0.5) is 5.69 Å². The van der Waals surface area contributed by atoms with Gasteiger partial charge in [-0.05, 0) is 26.8 Å². The number of rotatable bonds is 3. The molecule has 1 aromatic rings. The van der Waals surface area contributed by atoms with Crippen LogP contribution >= 0.6 is 0 Å². The lowest BCUT2D eigenvalue weighted by molar-refractivity contribution is -0.118. The zero-order valence-electron chi connectivity index (χ0n) is 11.9. The Balaban J connectivity index is 2.25.